The SMILES string of the molecule is CC(C)c1noc([C@H](NC(=O)CCc2ccncc2)C2CCOCC2)n1. The summed E-state index contributed by atoms with van der Waals surface area (Å²) in [5, 5.41) is 7.18. The summed E-state index contributed by atoms with van der Waals surface area (Å²) < 4.78 is 10.9. The van der Waals surface area contributed by atoms with Crippen LogP contribution >= 0.6 is 0 Å². The molecule has 0 spiro atoms. The summed E-state index contributed by atoms with van der Waals surface area (Å²) in [5.41, 5.74) is 1.10. The fraction of sp³-hybridized carbons (Fsp3) is 0.579. The average molecular weight is 358 g/mol. The van der Waals surface area contributed by atoms with Crippen molar-refractivity contribution in [3.63, 3.8) is 0 Å². The molecular formula is C19H26N4O3. The Morgan fingerprint density at radius 3 is 2.65 bits per heavy atom. The molecule has 0 aliphatic carbocycles. The molecule has 1 atom stereocenters. The van der Waals surface area contributed by atoms with Gasteiger partial charge in [0.2, 0.25) is 11.8 Å². The van der Waals surface area contributed by atoms with Crippen LogP contribution in [0.25, 0.3) is 0 Å². The van der Waals surface area contributed by atoms with Gasteiger partial charge < -0.3 is 14.6 Å². The van der Waals surface area contributed by atoms with Crippen molar-refractivity contribution in [1.29, 1.82) is 0 Å². The second-order valence-corrected chi connectivity index (χ2v) is 7.00. The third kappa shape index (κ3) is 4.88. The first-order valence-corrected chi connectivity index (χ1v) is 9.23. The Labute approximate surface area is 153 Å². The zero-order chi connectivity index (χ0) is 18.4. The van der Waals surface area contributed by atoms with Crippen molar-refractivity contribution in [2.45, 2.75) is 51.5 Å². The fourth-order valence-corrected chi connectivity index (χ4v) is 3.09. The highest BCUT2D eigenvalue weighted by atomic mass is 16.5. The first-order valence-electron chi connectivity index (χ1n) is 9.23. The van der Waals surface area contributed by atoms with Gasteiger partial charge in [-0.05, 0) is 42.9 Å². The topological polar surface area (TPSA) is 90.1 Å². The molecule has 0 aromatic carbocycles. The molecule has 0 radical (unpaired) electrons. The van der Waals surface area contributed by atoms with Crippen molar-refractivity contribution in [3.8, 4) is 0 Å². The number of nitrogens with one attached hydrogen (secondary N) is 1. The second-order valence-electron chi connectivity index (χ2n) is 7.00. The van der Waals surface area contributed by atoms with Crippen LogP contribution in [0.3, 0.4) is 0 Å². The summed E-state index contributed by atoms with van der Waals surface area (Å²) in [6, 6.07) is 3.59. The summed E-state index contributed by atoms with van der Waals surface area (Å²) in [4.78, 5) is 21.0. The molecule has 7 heteroatoms. The molecule has 1 fully saturated rings. The lowest BCUT2D eigenvalue weighted by Crippen LogP contribution is -2.36. The van der Waals surface area contributed by atoms with E-state index in [-0.39, 0.29) is 23.8 Å². The molecule has 0 bridgehead atoms. The van der Waals surface area contributed by atoms with E-state index in [2.05, 4.69) is 20.4 Å². The van der Waals surface area contributed by atoms with Gasteiger partial charge in [0, 0.05) is 37.9 Å². The van der Waals surface area contributed by atoms with Gasteiger partial charge in [0.25, 0.3) is 0 Å². The summed E-state index contributed by atoms with van der Waals surface area (Å²) >= 11 is 0. The van der Waals surface area contributed by atoms with Crippen LogP contribution in [0.15, 0.2) is 29.0 Å². The molecular weight excluding hydrogens is 332 g/mol. The molecule has 7 nitrogen and oxygen atoms in total. The lowest BCUT2D eigenvalue weighted by molar-refractivity contribution is -0.122. The molecule has 1 amide bonds. The third-order valence-electron chi connectivity index (χ3n) is 4.68. The number of hydrogen-bond acceptors (Lipinski definition) is 6. The number of carbonyl (C=O) groups excluding carboxylic acids is 1. The highest BCUT2D eigenvalue weighted by Gasteiger charge is 2.31. The minimum atomic E-state index is -0.260. The minimum absolute atomic E-state index is 0.0115. The van der Waals surface area contributed by atoms with Crippen LogP contribution in [0.4, 0.5) is 0 Å². The van der Waals surface area contributed by atoms with E-state index >= 15 is 0 Å². The van der Waals surface area contributed by atoms with Crippen LogP contribution in [-0.2, 0) is 16.0 Å². The van der Waals surface area contributed by atoms with Crippen molar-refractivity contribution >= 4 is 5.91 Å². The van der Waals surface area contributed by atoms with Crippen LogP contribution in [0.2, 0.25) is 0 Å². The summed E-state index contributed by atoms with van der Waals surface area (Å²) in [6.07, 6.45) is 6.31. The number of nitrogens with zero attached hydrogens (tertiary/aromatic N) is 3. The molecule has 140 valence electrons. The normalized spacial score (nSPS) is 16.6. The molecule has 2 aromatic heterocycles. The lowest BCUT2D eigenvalue weighted by atomic mass is 9.91. The van der Waals surface area contributed by atoms with E-state index in [1.807, 2.05) is 26.0 Å². The van der Waals surface area contributed by atoms with Gasteiger partial charge in [-0.3, -0.25) is 9.78 Å². The summed E-state index contributed by atoms with van der Waals surface area (Å²) in [7, 11) is 0. The zero-order valence-corrected chi connectivity index (χ0v) is 15.4. The van der Waals surface area contributed by atoms with E-state index in [0.29, 0.717) is 37.8 Å². The predicted octanol–water partition coefficient (Wildman–Crippen LogP) is 2.80. The molecule has 3 rings (SSSR count). The maximum Gasteiger partial charge on any atom is 0.249 e. The molecule has 3 heterocycles. The van der Waals surface area contributed by atoms with Gasteiger partial charge >= 0.3 is 0 Å². The van der Waals surface area contributed by atoms with Crippen molar-refractivity contribution < 1.29 is 14.1 Å². The van der Waals surface area contributed by atoms with Crippen molar-refractivity contribution in [2.24, 2.45) is 5.92 Å². The fourth-order valence-electron chi connectivity index (χ4n) is 3.09. The number of ether oxygens (including phenoxy) is 1. The van der Waals surface area contributed by atoms with E-state index < -0.39 is 0 Å². The third-order valence-corrected chi connectivity index (χ3v) is 4.68. The quantitative estimate of drug-likeness (QED) is 0.818. The Kier molecular flexibility index (Phi) is 6.33. The highest BCUT2D eigenvalue weighted by molar-refractivity contribution is 5.76. The number of aromatic nitrogens is 3. The number of carbonyl (C=O) groups is 1. The maximum atomic E-state index is 12.5. The van der Waals surface area contributed by atoms with Gasteiger partial charge in [-0.25, -0.2) is 0 Å². The molecule has 1 saturated heterocycles. The number of hydrogen-bond donors (Lipinski definition) is 1. The molecule has 0 unspecified atom stereocenters. The van der Waals surface area contributed by atoms with E-state index in [4.69, 9.17) is 9.26 Å². The Bertz CT molecular complexity index is 696. The van der Waals surface area contributed by atoms with Crippen LogP contribution in [-0.4, -0.2) is 34.2 Å². The first kappa shape index (κ1) is 18.5. The standard InChI is InChI=1S/C19H26N4O3/c1-13(2)18-22-19(26-23-18)17(15-7-11-25-12-8-15)21-16(24)4-3-14-5-9-20-10-6-14/h5-6,9-10,13,15,17H,3-4,7-8,11-12H2,1-2H3,(H,21,24)/t17-/m1/s1. The zero-order valence-electron chi connectivity index (χ0n) is 15.4. The average Bonchev–Trinajstić information content (AvgIpc) is 3.16. The lowest BCUT2D eigenvalue weighted by Gasteiger charge is -2.28. The minimum Gasteiger partial charge on any atom is -0.381 e. The van der Waals surface area contributed by atoms with E-state index in [1.54, 1.807) is 12.4 Å². The largest absolute Gasteiger partial charge is 0.381 e. The van der Waals surface area contributed by atoms with Crippen molar-refractivity contribution in [2.75, 3.05) is 13.2 Å². The van der Waals surface area contributed by atoms with Gasteiger partial charge in [0.05, 0.1) is 0 Å². The van der Waals surface area contributed by atoms with Crippen LogP contribution < -0.4 is 5.32 Å². The van der Waals surface area contributed by atoms with Crippen molar-refractivity contribution in [1.82, 2.24) is 20.4 Å². The number of rotatable bonds is 7. The summed E-state index contributed by atoms with van der Waals surface area (Å²) in [5.74, 6) is 1.59. The monoisotopic (exact) mass is 358 g/mol. The Balaban J connectivity index is 1.67. The molecule has 1 N–H and O–H groups in total. The highest BCUT2D eigenvalue weighted by Crippen LogP contribution is 2.30. The number of amides is 1. The van der Waals surface area contributed by atoms with Crippen LogP contribution in [0.5, 0.6) is 0 Å². The van der Waals surface area contributed by atoms with Gasteiger partial charge in [-0.1, -0.05) is 19.0 Å². The number of aryl methyl sites for hydroxylation is 1. The second kappa shape index (κ2) is 8.89. The van der Waals surface area contributed by atoms with E-state index in [9.17, 15) is 4.79 Å². The van der Waals surface area contributed by atoms with E-state index in [0.717, 1.165) is 18.4 Å². The smallest absolute Gasteiger partial charge is 0.249 e. The Morgan fingerprint density at radius 1 is 1.27 bits per heavy atom. The summed E-state index contributed by atoms with van der Waals surface area (Å²) in [6.45, 7) is 5.43. The molecule has 1 aliphatic rings. The van der Waals surface area contributed by atoms with Gasteiger partial charge in [-0.2, -0.15) is 4.98 Å². The molecule has 26 heavy (non-hydrogen) atoms. The maximum absolute atomic E-state index is 12.5. The Hall–Kier alpha value is -2.28. The molecule has 0 saturated carbocycles. The Morgan fingerprint density at radius 2 is 2.00 bits per heavy atom. The van der Waals surface area contributed by atoms with E-state index in [1.165, 1.54) is 0 Å². The van der Waals surface area contributed by atoms with Crippen LogP contribution in [0, 0.1) is 5.92 Å². The molecule has 2 aromatic rings. The van der Waals surface area contributed by atoms with Gasteiger partial charge in [-0.15, -0.1) is 0 Å². The van der Waals surface area contributed by atoms with Crippen LogP contribution in [0.1, 0.15) is 62.3 Å². The predicted molar refractivity (Wildman–Crippen MR) is 95.4 cm³/mol. The molecule has 1 aliphatic heterocycles. The number of pyridine rings is 1. The van der Waals surface area contributed by atoms with Crippen molar-refractivity contribution in [3.05, 3.63) is 41.8 Å². The first-order chi connectivity index (χ1) is 12.6. The van der Waals surface area contributed by atoms with Gasteiger partial charge in [0.15, 0.2) is 5.82 Å². The van der Waals surface area contributed by atoms with Gasteiger partial charge in [0.1, 0.15) is 6.04 Å².